The first kappa shape index (κ1) is 13.6. The molecule has 0 saturated carbocycles. The zero-order valence-corrected chi connectivity index (χ0v) is 10.5. The monoisotopic (exact) mass is 259 g/mol. The predicted molar refractivity (Wildman–Crippen MR) is 67.6 cm³/mol. The molecule has 0 atom stereocenters. The molecule has 4 nitrogen and oxygen atoms in total. The third kappa shape index (κ3) is 3.49. The van der Waals surface area contributed by atoms with E-state index in [4.69, 9.17) is 17.3 Å². The molecule has 0 aliphatic carbocycles. The van der Waals surface area contributed by atoms with Gasteiger partial charge in [0, 0.05) is 19.7 Å². The van der Waals surface area contributed by atoms with Gasteiger partial charge in [-0.15, -0.1) is 0 Å². The van der Waals surface area contributed by atoms with Crippen LogP contribution in [0.5, 0.6) is 0 Å². The summed E-state index contributed by atoms with van der Waals surface area (Å²) >= 11 is 5.63. The second-order valence-corrected chi connectivity index (χ2v) is 4.02. The summed E-state index contributed by atoms with van der Waals surface area (Å²) in [5.74, 6) is -0.654. The van der Waals surface area contributed by atoms with Crippen LogP contribution in [0.25, 0.3) is 0 Å². The van der Waals surface area contributed by atoms with Crippen LogP contribution in [0.3, 0.4) is 0 Å². The highest BCUT2D eigenvalue weighted by Gasteiger charge is 2.09. The van der Waals surface area contributed by atoms with Crippen molar-refractivity contribution in [1.82, 2.24) is 4.90 Å². The topological polar surface area (TPSA) is 58.4 Å². The van der Waals surface area contributed by atoms with E-state index in [0.717, 1.165) is 6.07 Å². The number of halogens is 2. The Morgan fingerprint density at radius 3 is 2.82 bits per heavy atom. The number of rotatable bonds is 4. The lowest BCUT2D eigenvalue weighted by atomic mass is 10.2. The van der Waals surface area contributed by atoms with Gasteiger partial charge in [0.15, 0.2) is 0 Å². The Balaban J connectivity index is 2.70. The summed E-state index contributed by atoms with van der Waals surface area (Å²) in [6.07, 6.45) is 0. The Bertz CT molecular complexity index is 425. The van der Waals surface area contributed by atoms with Gasteiger partial charge < -0.3 is 16.0 Å². The number of nitrogens with zero attached hydrogens (tertiary/aromatic N) is 1. The van der Waals surface area contributed by atoms with Crippen molar-refractivity contribution in [1.29, 1.82) is 0 Å². The molecule has 1 aromatic carbocycles. The second-order valence-electron chi connectivity index (χ2n) is 3.62. The van der Waals surface area contributed by atoms with Crippen molar-refractivity contribution >= 4 is 28.9 Å². The minimum absolute atomic E-state index is 0.0296. The molecule has 0 aliphatic heterocycles. The number of likely N-dealkylation sites (N-methyl/N-ethyl adjacent to an activating group) is 1. The number of amides is 1. The van der Waals surface area contributed by atoms with Crippen molar-refractivity contribution in [3.8, 4) is 0 Å². The van der Waals surface area contributed by atoms with E-state index >= 15 is 0 Å². The van der Waals surface area contributed by atoms with E-state index in [1.165, 1.54) is 6.07 Å². The smallest absolute Gasteiger partial charge is 0.241 e. The summed E-state index contributed by atoms with van der Waals surface area (Å²) in [7, 11) is 1.70. The summed E-state index contributed by atoms with van der Waals surface area (Å²) < 4.78 is 13.0. The Morgan fingerprint density at radius 1 is 1.59 bits per heavy atom. The fourth-order valence-electron chi connectivity index (χ4n) is 1.20. The van der Waals surface area contributed by atoms with Gasteiger partial charge in [-0.05, 0) is 13.0 Å². The van der Waals surface area contributed by atoms with Gasteiger partial charge >= 0.3 is 0 Å². The first-order chi connectivity index (χ1) is 7.95. The molecule has 94 valence electrons. The van der Waals surface area contributed by atoms with Crippen molar-refractivity contribution in [2.75, 3.05) is 31.2 Å². The number of carbonyl (C=O) groups excluding carboxylic acids is 1. The maximum atomic E-state index is 13.0. The molecule has 0 heterocycles. The van der Waals surface area contributed by atoms with E-state index in [2.05, 4.69) is 5.32 Å². The predicted octanol–water partition coefficient (Wildman–Crippen LogP) is 1.95. The molecule has 0 saturated heterocycles. The fourth-order valence-corrected chi connectivity index (χ4v) is 1.36. The molecule has 0 unspecified atom stereocenters. The van der Waals surface area contributed by atoms with E-state index in [1.54, 1.807) is 11.9 Å². The van der Waals surface area contributed by atoms with Gasteiger partial charge in [0.1, 0.15) is 5.82 Å². The van der Waals surface area contributed by atoms with Crippen LogP contribution < -0.4 is 11.1 Å². The van der Waals surface area contributed by atoms with Gasteiger partial charge in [0.25, 0.3) is 0 Å². The Morgan fingerprint density at radius 2 is 2.24 bits per heavy atom. The van der Waals surface area contributed by atoms with Crippen LogP contribution in [0.4, 0.5) is 15.8 Å². The molecule has 0 radical (unpaired) electrons. The summed E-state index contributed by atoms with van der Waals surface area (Å²) in [6, 6.07) is 2.49. The highest BCUT2D eigenvalue weighted by atomic mass is 35.5. The molecular weight excluding hydrogens is 245 g/mol. The van der Waals surface area contributed by atoms with Crippen LogP contribution in [-0.2, 0) is 4.79 Å². The Kier molecular flexibility index (Phi) is 4.57. The lowest BCUT2D eigenvalue weighted by Gasteiger charge is -2.16. The maximum absolute atomic E-state index is 13.0. The van der Waals surface area contributed by atoms with Gasteiger partial charge in [-0.25, -0.2) is 4.39 Å². The molecular formula is C11H15ClFN3O. The van der Waals surface area contributed by atoms with Crippen molar-refractivity contribution in [2.45, 2.75) is 6.92 Å². The molecule has 1 aromatic rings. The van der Waals surface area contributed by atoms with Gasteiger partial charge in [-0.2, -0.15) is 0 Å². The van der Waals surface area contributed by atoms with E-state index in [9.17, 15) is 9.18 Å². The van der Waals surface area contributed by atoms with E-state index in [-0.39, 0.29) is 23.2 Å². The average Bonchev–Trinajstić information content (AvgIpc) is 2.30. The largest absolute Gasteiger partial charge is 0.397 e. The third-order valence-electron chi connectivity index (χ3n) is 2.42. The first-order valence-corrected chi connectivity index (χ1v) is 5.55. The van der Waals surface area contributed by atoms with Gasteiger partial charge in [-0.3, -0.25) is 4.79 Å². The number of hydrogen-bond donors (Lipinski definition) is 2. The highest BCUT2D eigenvalue weighted by molar-refractivity contribution is 6.31. The number of nitrogens with one attached hydrogen (secondary N) is 1. The number of carbonyl (C=O) groups is 1. The minimum atomic E-state index is -0.577. The SMILES string of the molecule is CCN(C)C(=O)CNc1cc(Cl)c(F)cc1N. The van der Waals surface area contributed by atoms with E-state index < -0.39 is 5.82 Å². The number of benzene rings is 1. The summed E-state index contributed by atoms with van der Waals surface area (Å²) in [5, 5.41) is 2.80. The lowest BCUT2D eigenvalue weighted by Crippen LogP contribution is -2.32. The van der Waals surface area contributed by atoms with Crippen LogP contribution in [0.2, 0.25) is 5.02 Å². The molecule has 17 heavy (non-hydrogen) atoms. The molecule has 0 fully saturated rings. The Labute approximate surface area is 105 Å². The highest BCUT2D eigenvalue weighted by Crippen LogP contribution is 2.25. The third-order valence-corrected chi connectivity index (χ3v) is 2.71. The molecule has 3 N–H and O–H groups in total. The van der Waals surface area contributed by atoms with Crippen molar-refractivity contribution in [3.05, 3.63) is 23.0 Å². The fraction of sp³-hybridized carbons (Fsp3) is 0.364. The molecule has 0 aromatic heterocycles. The van der Waals surface area contributed by atoms with Crippen LogP contribution in [0, 0.1) is 5.82 Å². The number of hydrogen-bond acceptors (Lipinski definition) is 3. The van der Waals surface area contributed by atoms with Crippen LogP contribution in [0.15, 0.2) is 12.1 Å². The average molecular weight is 260 g/mol. The quantitative estimate of drug-likeness (QED) is 0.813. The van der Waals surface area contributed by atoms with Gasteiger partial charge in [0.2, 0.25) is 5.91 Å². The van der Waals surface area contributed by atoms with Crippen molar-refractivity contribution in [3.63, 3.8) is 0 Å². The number of nitrogens with two attached hydrogens (primary N) is 1. The molecule has 1 rings (SSSR count). The van der Waals surface area contributed by atoms with Crippen molar-refractivity contribution in [2.24, 2.45) is 0 Å². The minimum Gasteiger partial charge on any atom is -0.397 e. The summed E-state index contributed by atoms with van der Waals surface area (Å²) in [5.41, 5.74) is 6.27. The molecule has 0 bridgehead atoms. The zero-order chi connectivity index (χ0) is 13.0. The van der Waals surface area contributed by atoms with Gasteiger partial charge in [0.05, 0.1) is 22.9 Å². The van der Waals surface area contributed by atoms with E-state index in [0.29, 0.717) is 12.2 Å². The normalized spacial score (nSPS) is 10.1. The van der Waals surface area contributed by atoms with E-state index in [1.807, 2.05) is 6.92 Å². The lowest BCUT2D eigenvalue weighted by molar-refractivity contribution is -0.127. The second kappa shape index (κ2) is 5.72. The standard InChI is InChI=1S/C11H15ClFN3O/c1-3-16(2)11(17)6-15-10-4-7(12)8(13)5-9(10)14/h4-5,15H,3,6,14H2,1-2H3. The van der Waals surface area contributed by atoms with Crippen LogP contribution >= 0.6 is 11.6 Å². The zero-order valence-electron chi connectivity index (χ0n) is 9.76. The maximum Gasteiger partial charge on any atom is 0.241 e. The molecule has 0 aliphatic rings. The Hall–Kier alpha value is -1.49. The van der Waals surface area contributed by atoms with Crippen molar-refractivity contribution < 1.29 is 9.18 Å². The molecule has 1 amide bonds. The molecule has 0 spiro atoms. The number of anilines is 2. The van der Waals surface area contributed by atoms with Crippen LogP contribution in [-0.4, -0.2) is 30.9 Å². The van der Waals surface area contributed by atoms with Crippen LogP contribution in [0.1, 0.15) is 6.92 Å². The number of nitrogen functional groups attached to an aromatic ring is 1. The molecule has 6 heteroatoms. The van der Waals surface area contributed by atoms with Gasteiger partial charge in [-0.1, -0.05) is 11.6 Å². The first-order valence-electron chi connectivity index (χ1n) is 5.18. The summed E-state index contributed by atoms with van der Waals surface area (Å²) in [6.45, 7) is 2.59. The summed E-state index contributed by atoms with van der Waals surface area (Å²) in [4.78, 5) is 13.1.